The van der Waals surface area contributed by atoms with E-state index in [0.29, 0.717) is 5.62 Å². The molecule has 1 heterocycles. The summed E-state index contributed by atoms with van der Waals surface area (Å²) in [5.74, 6) is 0.920. The molecule has 4 nitrogen and oxygen atoms in total. The summed E-state index contributed by atoms with van der Waals surface area (Å²) < 4.78 is 10.2. The van der Waals surface area contributed by atoms with Crippen LogP contribution < -0.4 is 10.4 Å². The topological polar surface area (TPSA) is 42.9 Å². The fourth-order valence-corrected chi connectivity index (χ4v) is 6.84. The molecule has 0 amide bonds. The van der Waals surface area contributed by atoms with E-state index in [9.17, 15) is 5.41 Å². The number of aryl methyl sites for hydroxylation is 8. The summed E-state index contributed by atoms with van der Waals surface area (Å²) in [5, 5.41) is 9.51. The van der Waals surface area contributed by atoms with Gasteiger partial charge in [0.2, 0.25) is 5.62 Å². The quantitative estimate of drug-likeness (QED) is 0.133. The number of nitrogens with zero attached hydrogens (tertiary/aromatic N) is 2. The molecule has 5 aromatic rings. The molecule has 0 radical (unpaired) electrons. The molecule has 4 aromatic carbocycles. The van der Waals surface area contributed by atoms with Gasteiger partial charge in [0.05, 0.1) is 18.1 Å². The van der Waals surface area contributed by atoms with E-state index in [1.165, 1.54) is 50.1 Å². The summed E-state index contributed by atoms with van der Waals surface area (Å²) in [6.07, 6.45) is 7.22. The van der Waals surface area contributed by atoms with Crippen LogP contribution in [0, 0.1) is 19.3 Å². The number of aromatic nitrogens is 2. The molecule has 1 N–H and O–H groups in total. The maximum absolute atomic E-state index is 9.51. The van der Waals surface area contributed by atoms with Gasteiger partial charge in [-0.1, -0.05) is 94.3 Å². The lowest BCUT2D eigenvalue weighted by molar-refractivity contribution is 0.410. The van der Waals surface area contributed by atoms with Crippen molar-refractivity contribution in [1.29, 1.82) is 5.41 Å². The number of halogens is 1. The summed E-state index contributed by atoms with van der Waals surface area (Å²) >= 11 is 0. The maximum atomic E-state index is 9.51. The Labute approximate surface area is 280 Å². The molecule has 0 aliphatic carbocycles. The minimum absolute atomic E-state index is 0. The van der Waals surface area contributed by atoms with Crippen molar-refractivity contribution in [2.75, 3.05) is 7.11 Å². The molecule has 0 aliphatic rings. The minimum Gasteiger partial charge on any atom is -0.496 e. The van der Waals surface area contributed by atoms with Crippen LogP contribution in [-0.4, -0.2) is 16.2 Å². The standard InChI is InChI=1S/C40H49N3O.BrH/c1-7-12-32-20-18-30(26-28(32)4)22-24-42-37-16-10-15-36(35-14-11-17-38(44-6)34(35)9-3)39(37)43(40(42)41)25-23-31-19-21-33(13-8-2)29(5)27-31;/h10-11,14-21,26-27,41H,7-9,12-13,22-25H2,1-6H3;1H. The highest BCUT2D eigenvalue weighted by molar-refractivity contribution is 8.93. The zero-order chi connectivity index (χ0) is 31.2. The zero-order valence-electron chi connectivity index (χ0n) is 28.0. The predicted molar refractivity (Wildman–Crippen MR) is 195 cm³/mol. The van der Waals surface area contributed by atoms with Crippen molar-refractivity contribution in [3.05, 3.63) is 117 Å². The summed E-state index contributed by atoms with van der Waals surface area (Å²) in [6.45, 7) is 12.6. The zero-order valence-corrected chi connectivity index (χ0v) is 29.7. The van der Waals surface area contributed by atoms with E-state index in [2.05, 4.69) is 117 Å². The van der Waals surface area contributed by atoms with E-state index in [1.807, 2.05) is 0 Å². The molecule has 0 fully saturated rings. The highest BCUT2D eigenvalue weighted by atomic mass is 79.9. The Morgan fingerprint density at radius 2 is 1.22 bits per heavy atom. The normalized spacial score (nSPS) is 11.2. The number of ether oxygens (including phenoxy) is 1. The van der Waals surface area contributed by atoms with E-state index in [0.717, 1.165) is 74.8 Å². The second-order valence-electron chi connectivity index (χ2n) is 12.2. The summed E-state index contributed by atoms with van der Waals surface area (Å²) in [6, 6.07) is 26.7. The van der Waals surface area contributed by atoms with Crippen LogP contribution in [0.2, 0.25) is 0 Å². The fraction of sp³-hybridized carbons (Fsp3) is 0.375. The van der Waals surface area contributed by atoms with Gasteiger partial charge in [0, 0.05) is 24.2 Å². The van der Waals surface area contributed by atoms with Crippen LogP contribution in [0.1, 0.15) is 72.6 Å². The predicted octanol–water partition coefficient (Wildman–Crippen LogP) is 9.75. The number of hydrogen-bond acceptors (Lipinski definition) is 2. The molecular formula is C40H50BrN3O. The van der Waals surface area contributed by atoms with Crippen molar-refractivity contribution in [2.45, 2.75) is 92.7 Å². The van der Waals surface area contributed by atoms with Gasteiger partial charge in [0.25, 0.3) is 0 Å². The van der Waals surface area contributed by atoms with E-state index >= 15 is 0 Å². The van der Waals surface area contributed by atoms with Gasteiger partial charge in [-0.05, 0) is 97.0 Å². The second kappa shape index (κ2) is 15.6. The molecule has 238 valence electrons. The Hall–Kier alpha value is -3.57. The van der Waals surface area contributed by atoms with E-state index in [1.54, 1.807) is 7.11 Å². The van der Waals surface area contributed by atoms with Crippen molar-refractivity contribution < 1.29 is 4.74 Å². The Morgan fingerprint density at radius 1 is 0.667 bits per heavy atom. The van der Waals surface area contributed by atoms with Crippen LogP contribution in [0.4, 0.5) is 0 Å². The lowest BCUT2D eigenvalue weighted by Crippen LogP contribution is -2.26. The first-order valence-corrected chi connectivity index (χ1v) is 16.5. The molecule has 0 saturated carbocycles. The molecule has 0 unspecified atom stereocenters. The molecular weight excluding hydrogens is 618 g/mol. The molecule has 5 heteroatoms. The number of nitrogens with one attached hydrogen (secondary N) is 1. The van der Waals surface area contributed by atoms with Crippen LogP contribution in [0.3, 0.4) is 0 Å². The van der Waals surface area contributed by atoms with Gasteiger partial charge in [-0.15, -0.1) is 17.0 Å². The molecule has 1 aromatic heterocycles. The molecule has 0 bridgehead atoms. The van der Waals surface area contributed by atoms with Gasteiger partial charge in [-0.25, -0.2) is 0 Å². The Bertz CT molecular complexity index is 1810. The molecule has 0 atom stereocenters. The molecule has 0 aliphatic heterocycles. The number of imidazole rings is 1. The summed E-state index contributed by atoms with van der Waals surface area (Å²) in [4.78, 5) is 0. The molecule has 45 heavy (non-hydrogen) atoms. The Kier molecular flexibility index (Phi) is 11.9. The number of benzene rings is 4. The van der Waals surface area contributed by atoms with E-state index < -0.39 is 0 Å². The van der Waals surface area contributed by atoms with Gasteiger partial charge >= 0.3 is 0 Å². The third kappa shape index (κ3) is 7.30. The van der Waals surface area contributed by atoms with E-state index in [-0.39, 0.29) is 17.0 Å². The lowest BCUT2D eigenvalue weighted by Gasteiger charge is -2.15. The highest BCUT2D eigenvalue weighted by Gasteiger charge is 2.19. The number of fused-ring (bicyclic) bond motifs is 1. The third-order valence-electron chi connectivity index (χ3n) is 9.18. The van der Waals surface area contributed by atoms with Crippen molar-refractivity contribution in [1.82, 2.24) is 9.13 Å². The first kappa shape index (κ1) is 34.3. The van der Waals surface area contributed by atoms with Gasteiger partial charge in [0.1, 0.15) is 5.75 Å². The third-order valence-corrected chi connectivity index (χ3v) is 9.18. The van der Waals surface area contributed by atoms with Crippen LogP contribution in [0.15, 0.2) is 72.8 Å². The van der Waals surface area contributed by atoms with Crippen molar-refractivity contribution >= 4 is 28.0 Å². The first-order valence-electron chi connectivity index (χ1n) is 16.5. The average Bonchev–Trinajstić information content (AvgIpc) is 3.31. The second-order valence-corrected chi connectivity index (χ2v) is 12.2. The summed E-state index contributed by atoms with van der Waals surface area (Å²) in [7, 11) is 1.75. The number of para-hydroxylation sites is 1. The van der Waals surface area contributed by atoms with Crippen LogP contribution in [-0.2, 0) is 45.2 Å². The Morgan fingerprint density at radius 3 is 1.76 bits per heavy atom. The lowest BCUT2D eigenvalue weighted by atomic mass is 9.96. The Balaban J connectivity index is 0.00000461. The van der Waals surface area contributed by atoms with E-state index in [4.69, 9.17) is 4.74 Å². The van der Waals surface area contributed by atoms with Crippen LogP contribution in [0.25, 0.3) is 22.2 Å². The first-order chi connectivity index (χ1) is 21.4. The minimum atomic E-state index is 0. The summed E-state index contributed by atoms with van der Waals surface area (Å²) in [5.41, 5.74) is 14.6. The van der Waals surface area contributed by atoms with Crippen LogP contribution in [0.5, 0.6) is 5.75 Å². The molecule has 5 rings (SSSR count). The van der Waals surface area contributed by atoms with Crippen molar-refractivity contribution in [2.24, 2.45) is 0 Å². The van der Waals surface area contributed by atoms with Crippen molar-refractivity contribution in [3.63, 3.8) is 0 Å². The largest absolute Gasteiger partial charge is 0.496 e. The van der Waals surface area contributed by atoms with Gasteiger partial charge in [-0.3, -0.25) is 5.41 Å². The highest BCUT2D eigenvalue weighted by Crippen LogP contribution is 2.35. The number of methoxy groups -OCH3 is 1. The maximum Gasteiger partial charge on any atom is 0.203 e. The monoisotopic (exact) mass is 667 g/mol. The number of hydrogen-bond donors (Lipinski definition) is 1. The smallest absolute Gasteiger partial charge is 0.203 e. The van der Waals surface area contributed by atoms with Gasteiger partial charge < -0.3 is 13.9 Å². The van der Waals surface area contributed by atoms with Crippen molar-refractivity contribution in [3.8, 4) is 16.9 Å². The SMILES string of the molecule is Br.CCCc1ccc(CCn2c(=N)n(CCc3ccc(CCC)c(C)c3)c3c(-c4cccc(OC)c4CC)cccc32)cc1C. The van der Waals surface area contributed by atoms with Gasteiger partial charge in [-0.2, -0.15) is 0 Å². The fourth-order valence-electron chi connectivity index (χ4n) is 6.84. The molecule has 0 saturated heterocycles. The van der Waals surface area contributed by atoms with Crippen LogP contribution >= 0.6 is 17.0 Å². The number of rotatable bonds is 13. The average molecular weight is 669 g/mol. The van der Waals surface area contributed by atoms with Gasteiger partial charge in [0.15, 0.2) is 0 Å². The molecule has 0 spiro atoms.